The van der Waals surface area contributed by atoms with Crippen molar-refractivity contribution < 1.29 is 23.1 Å². The number of carbonyl (C=O) groups is 1. The number of rotatable bonds is 1. The van der Waals surface area contributed by atoms with Gasteiger partial charge in [-0.1, -0.05) is 0 Å². The maximum absolute atomic E-state index is 10.6. The first-order valence-electron chi connectivity index (χ1n) is 4.08. The fourth-order valence-corrected chi connectivity index (χ4v) is 0.916. The van der Waals surface area contributed by atoms with Gasteiger partial charge in [-0.2, -0.15) is 13.2 Å². The minimum absolute atomic E-state index is 0.764. The lowest BCUT2D eigenvalue weighted by Gasteiger charge is -1.98. The molecule has 0 aromatic heterocycles. The minimum Gasteiger partial charge on any atom is -0.475 e. The molecule has 0 saturated carbocycles. The largest absolute Gasteiger partial charge is 0.490 e. The number of hydrogen-bond acceptors (Lipinski definition) is 3. The van der Waals surface area contributed by atoms with Crippen molar-refractivity contribution in [3.8, 4) is 0 Å². The summed E-state index contributed by atoms with van der Waals surface area (Å²) in [6, 6.07) is 0. The van der Waals surface area contributed by atoms with Crippen LogP contribution in [-0.4, -0.2) is 36.9 Å². The van der Waals surface area contributed by atoms with Gasteiger partial charge in [-0.3, -0.25) is 0 Å². The Morgan fingerprint density at radius 2 is 2.07 bits per heavy atom. The van der Waals surface area contributed by atoms with E-state index in [0.717, 1.165) is 19.0 Å². The standard InChI is InChI=1S/C5H12N2.C2HF3O2/c6-3-5-1-2-7-4-5;3-2(4,5)1(6)7/h5,7H,1-4,6H2;(H,6,7)/t5-;/m0./s1. The van der Waals surface area contributed by atoms with Crippen molar-refractivity contribution in [2.45, 2.75) is 12.6 Å². The molecule has 4 nitrogen and oxygen atoms in total. The third kappa shape index (κ3) is 5.76. The van der Waals surface area contributed by atoms with Crippen LogP contribution in [-0.2, 0) is 4.79 Å². The van der Waals surface area contributed by atoms with E-state index in [-0.39, 0.29) is 0 Å². The molecule has 0 spiro atoms. The van der Waals surface area contributed by atoms with E-state index in [1.807, 2.05) is 0 Å². The van der Waals surface area contributed by atoms with E-state index in [9.17, 15) is 13.2 Å². The maximum atomic E-state index is 10.6. The molecule has 0 aromatic carbocycles. The van der Waals surface area contributed by atoms with E-state index >= 15 is 0 Å². The molecule has 0 unspecified atom stereocenters. The minimum atomic E-state index is -5.08. The summed E-state index contributed by atoms with van der Waals surface area (Å²) in [6.45, 7) is 3.16. The summed E-state index contributed by atoms with van der Waals surface area (Å²) in [4.78, 5) is 8.90. The zero-order valence-corrected chi connectivity index (χ0v) is 7.47. The Kier molecular flexibility index (Phi) is 5.47. The van der Waals surface area contributed by atoms with Gasteiger partial charge in [-0.15, -0.1) is 0 Å². The predicted molar refractivity (Wildman–Crippen MR) is 43.7 cm³/mol. The second-order valence-electron chi connectivity index (χ2n) is 2.90. The smallest absolute Gasteiger partial charge is 0.475 e. The number of hydrogen-bond donors (Lipinski definition) is 3. The first kappa shape index (κ1) is 13.2. The van der Waals surface area contributed by atoms with Crippen LogP contribution in [0, 0.1) is 5.92 Å². The number of halogens is 3. The SMILES string of the molecule is NC[C@@H]1CCNC1.O=C(O)C(F)(F)F. The van der Waals surface area contributed by atoms with Crippen LogP contribution in [0.3, 0.4) is 0 Å². The number of carboxylic acid groups (broad SMARTS) is 1. The Bertz CT molecular complexity index is 178. The van der Waals surface area contributed by atoms with Crippen molar-refractivity contribution in [2.75, 3.05) is 19.6 Å². The lowest BCUT2D eigenvalue weighted by Crippen LogP contribution is -2.21. The summed E-state index contributed by atoms with van der Waals surface area (Å²) in [5.41, 5.74) is 5.39. The molecular weight excluding hydrogens is 201 g/mol. The van der Waals surface area contributed by atoms with Crippen LogP contribution < -0.4 is 11.1 Å². The van der Waals surface area contributed by atoms with Crippen LogP contribution >= 0.6 is 0 Å². The molecule has 1 atom stereocenters. The molecule has 1 rings (SSSR count). The molecular formula is C7H13F3N2O2. The Morgan fingerprint density at radius 1 is 1.57 bits per heavy atom. The molecule has 0 aromatic rings. The topological polar surface area (TPSA) is 75.3 Å². The van der Waals surface area contributed by atoms with Crippen LogP contribution in [0.25, 0.3) is 0 Å². The fourth-order valence-electron chi connectivity index (χ4n) is 0.916. The van der Waals surface area contributed by atoms with Gasteiger partial charge in [0.25, 0.3) is 0 Å². The van der Waals surface area contributed by atoms with Gasteiger partial charge >= 0.3 is 12.1 Å². The van der Waals surface area contributed by atoms with Gasteiger partial charge in [-0.05, 0) is 32.0 Å². The van der Waals surface area contributed by atoms with Gasteiger partial charge in [-0.25, -0.2) is 4.79 Å². The molecule has 1 aliphatic heterocycles. The van der Waals surface area contributed by atoms with E-state index < -0.39 is 12.1 Å². The first-order chi connectivity index (χ1) is 6.38. The van der Waals surface area contributed by atoms with Gasteiger partial charge < -0.3 is 16.2 Å². The highest BCUT2D eigenvalue weighted by atomic mass is 19.4. The summed E-state index contributed by atoms with van der Waals surface area (Å²) in [5.74, 6) is -1.99. The van der Waals surface area contributed by atoms with E-state index in [2.05, 4.69) is 5.32 Å². The molecule has 84 valence electrons. The van der Waals surface area contributed by atoms with Crippen LogP contribution in [0.15, 0.2) is 0 Å². The second kappa shape index (κ2) is 5.82. The molecule has 0 bridgehead atoms. The van der Waals surface area contributed by atoms with Gasteiger partial charge in [0, 0.05) is 0 Å². The summed E-state index contributed by atoms with van der Waals surface area (Å²) in [6.07, 6.45) is -3.81. The molecule has 14 heavy (non-hydrogen) atoms. The van der Waals surface area contributed by atoms with Crippen LogP contribution in [0.5, 0.6) is 0 Å². The van der Waals surface area contributed by atoms with Crippen molar-refractivity contribution in [3.63, 3.8) is 0 Å². The summed E-state index contributed by atoms with van der Waals surface area (Å²) >= 11 is 0. The van der Waals surface area contributed by atoms with Crippen molar-refractivity contribution in [1.82, 2.24) is 5.32 Å². The van der Waals surface area contributed by atoms with E-state index in [1.54, 1.807) is 0 Å². The van der Waals surface area contributed by atoms with E-state index in [0.29, 0.717) is 0 Å². The molecule has 4 N–H and O–H groups in total. The number of aliphatic carboxylic acids is 1. The molecule has 1 aliphatic rings. The molecule has 1 heterocycles. The van der Waals surface area contributed by atoms with Crippen LogP contribution in [0.2, 0.25) is 0 Å². The third-order valence-electron chi connectivity index (χ3n) is 1.74. The Balaban J connectivity index is 0.000000241. The molecule has 1 saturated heterocycles. The molecule has 0 radical (unpaired) electrons. The Morgan fingerprint density at radius 3 is 2.21 bits per heavy atom. The first-order valence-corrected chi connectivity index (χ1v) is 4.08. The van der Waals surface area contributed by atoms with Crippen molar-refractivity contribution in [1.29, 1.82) is 0 Å². The molecule has 1 fully saturated rings. The summed E-state index contributed by atoms with van der Waals surface area (Å²) < 4.78 is 31.7. The van der Waals surface area contributed by atoms with Gasteiger partial charge in [0.15, 0.2) is 0 Å². The van der Waals surface area contributed by atoms with E-state index in [4.69, 9.17) is 15.6 Å². The monoisotopic (exact) mass is 214 g/mol. The molecule has 0 aliphatic carbocycles. The van der Waals surface area contributed by atoms with Gasteiger partial charge in [0.1, 0.15) is 0 Å². The third-order valence-corrected chi connectivity index (χ3v) is 1.74. The number of carboxylic acids is 1. The zero-order valence-electron chi connectivity index (χ0n) is 7.47. The van der Waals surface area contributed by atoms with Crippen LogP contribution in [0.4, 0.5) is 13.2 Å². The number of nitrogens with two attached hydrogens (primary N) is 1. The summed E-state index contributed by atoms with van der Waals surface area (Å²) in [5, 5.41) is 10.4. The zero-order chi connectivity index (χ0) is 11.2. The second-order valence-corrected chi connectivity index (χ2v) is 2.90. The normalized spacial score (nSPS) is 21.3. The lowest BCUT2D eigenvalue weighted by molar-refractivity contribution is -0.192. The highest BCUT2D eigenvalue weighted by molar-refractivity contribution is 5.73. The van der Waals surface area contributed by atoms with E-state index in [1.165, 1.54) is 13.0 Å². The highest BCUT2D eigenvalue weighted by Gasteiger charge is 2.38. The maximum Gasteiger partial charge on any atom is 0.490 e. The van der Waals surface area contributed by atoms with Crippen LogP contribution in [0.1, 0.15) is 6.42 Å². The van der Waals surface area contributed by atoms with Crippen molar-refractivity contribution >= 4 is 5.97 Å². The molecule has 0 amide bonds. The average molecular weight is 214 g/mol. The average Bonchev–Trinajstić information content (AvgIpc) is 2.54. The highest BCUT2D eigenvalue weighted by Crippen LogP contribution is 2.13. The number of alkyl halides is 3. The Labute approximate surface area is 79.3 Å². The van der Waals surface area contributed by atoms with Gasteiger partial charge in [0.05, 0.1) is 0 Å². The molecule has 7 heteroatoms. The van der Waals surface area contributed by atoms with Crippen molar-refractivity contribution in [3.05, 3.63) is 0 Å². The number of nitrogens with one attached hydrogen (secondary N) is 1. The summed E-state index contributed by atoms with van der Waals surface area (Å²) in [7, 11) is 0. The van der Waals surface area contributed by atoms with Gasteiger partial charge in [0.2, 0.25) is 0 Å². The van der Waals surface area contributed by atoms with Crippen molar-refractivity contribution in [2.24, 2.45) is 11.7 Å². The fraction of sp³-hybridized carbons (Fsp3) is 0.857. The Hall–Kier alpha value is -0.820. The predicted octanol–water partition coefficient (Wildman–Crippen LogP) is 0.188. The quantitative estimate of drug-likeness (QED) is 0.582. The lowest BCUT2D eigenvalue weighted by atomic mass is 10.1.